The van der Waals surface area contributed by atoms with Gasteiger partial charge >= 0.3 is 37.9 Å². The van der Waals surface area contributed by atoms with Crippen molar-refractivity contribution in [3.8, 4) is 0 Å². The first-order valence-electron chi connectivity index (χ1n) is 17.3. The van der Waals surface area contributed by atoms with Gasteiger partial charge in [0.05, 0.1) is 0 Å². The second-order valence-corrected chi connectivity index (χ2v) is 19.9. The first-order chi connectivity index (χ1) is 21.5. The van der Waals surface area contributed by atoms with E-state index in [0.29, 0.717) is 35.5 Å². The molecule has 2 aromatic rings. The van der Waals surface area contributed by atoms with Crippen LogP contribution in [0.3, 0.4) is 0 Å². The summed E-state index contributed by atoms with van der Waals surface area (Å²) in [5, 5.41) is 0. The van der Waals surface area contributed by atoms with E-state index in [1.54, 1.807) is 11.1 Å². The number of benzene rings is 2. The van der Waals surface area contributed by atoms with Crippen molar-refractivity contribution in [1.82, 2.24) is 0 Å². The van der Waals surface area contributed by atoms with Gasteiger partial charge in [0, 0.05) is 5.41 Å². The third-order valence-corrected chi connectivity index (χ3v) is 11.5. The second-order valence-electron chi connectivity index (χ2n) is 16.1. The Kier molecular flexibility index (Phi) is 14.3. The van der Waals surface area contributed by atoms with Gasteiger partial charge in [0.25, 0.3) is 0 Å². The molecule has 2 fully saturated rings. The van der Waals surface area contributed by atoms with Crippen molar-refractivity contribution < 1.29 is 20.8 Å². The summed E-state index contributed by atoms with van der Waals surface area (Å²) >= 11 is -0.826. The predicted molar refractivity (Wildman–Crippen MR) is 205 cm³/mol. The topological polar surface area (TPSA) is 0 Å². The van der Waals surface area contributed by atoms with Gasteiger partial charge in [-0.15, -0.1) is 0 Å². The van der Waals surface area contributed by atoms with Crippen LogP contribution in [-0.4, -0.2) is 0 Å². The molecule has 6 unspecified atom stereocenters. The second kappa shape index (κ2) is 16.7. The molecule has 0 N–H and O–H groups in total. The van der Waals surface area contributed by atoms with Crippen LogP contribution in [0.2, 0.25) is 0 Å². The Labute approximate surface area is 308 Å². The van der Waals surface area contributed by atoms with E-state index in [1.807, 2.05) is 0 Å². The van der Waals surface area contributed by atoms with Gasteiger partial charge in [-0.1, -0.05) is 165 Å². The monoisotopic (exact) mass is 748 g/mol. The molecule has 0 aliphatic heterocycles. The molecule has 2 aromatic carbocycles. The molecule has 0 nitrogen and oxygen atoms in total. The number of fused-ring (bicyclic) bond motifs is 3. The zero-order valence-corrected chi connectivity index (χ0v) is 34.5. The van der Waals surface area contributed by atoms with Crippen LogP contribution < -0.4 is 0 Å². The van der Waals surface area contributed by atoms with Crippen LogP contribution in [-0.2, 0) is 26.3 Å². The zero-order valence-electron chi connectivity index (χ0n) is 30.6. The maximum absolute atomic E-state index is 4.93. The van der Waals surface area contributed by atoms with Crippen LogP contribution in [0.4, 0.5) is 0 Å². The van der Waals surface area contributed by atoms with Crippen LogP contribution in [0.1, 0.15) is 91.7 Å². The first-order valence-corrected chi connectivity index (χ1v) is 23.7. The number of rotatable bonds is 6. The van der Waals surface area contributed by atoms with Gasteiger partial charge < -0.3 is 14.9 Å². The molecule has 0 saturated heterocycles. The summed E-state index contributed by atoms with van der Waals surface area (Å²) in [6, 6.07) is 23.6. The van der Waals surface area contributed by atoms with Crippen molar-refractivity contribution in [2.24, 2.45) is 52.3 Å². The van der Waals surface area contributed by atoms with Crippen LogP contribution in [0, 0.1) is 67.1 Å². The Hall–Kier alpha value is -1.14. The molecule has 0 heterocycles. The molecule has 0 aromatic heterocycles. The quantitative estimate of drug-likeness (QED) is 0.258. The van der Waals surface area contributed by atoms with Gasteiger partial charge in [0.15, 0.2) is 0 Å². The molecule has 6 atom stereocenters. The summed E-state index contributed by atoms with van der Waals surface area (Å²) in [5.74, 6) is 4.07. The number of halogens is 2. The Morgan fingerprint density at radius 1 is 0.660 bits per heavy atom. The Bertz CT molecular complexity index is 1300. The summed E-state index contributed by atoms with van der Waals surface area (Å²) in [6.07, 6.45) is 22.4. The molecule has 0 spiro atoms. The van der Waals surface area contributed by atoms with Crippen molar-refractivity contribution in [1.29, 1.82) is 0 Å². The van der Waals surface area contributed by atoms with Crippen molar-refractivity contribution in [3.63, 3.8) is 0 Å². The van der Waals surface area contributed by atoms with E-state index < -0.39 is 20.8 Å². The minimum atomic E-state index is -0.826. The molecule has 6 rings (SSSR count). The molecule has 4 aliphatic rings. The Morgan fingerprint density at radius 2 is 1.09 bits per heavy atom. The van der Waals surface area contributed by atoms with Crippen LogP contribution in [0.25, 0.3) is 0 Å². The van der Waals surface area contributed by atoms with Gasteiger partial charge in [-0.25, -0.2) is 0 Å². The number of hydrogen-bond acceptors (Lipinski definition) is 0. The molecule has 254 valence electrons. The third-order valence-electron chi connectivity index (χ3n) is 11.5. The summed E-state index contributed by atoms with van der Waals surface area (Å²) in [7, 11) is 9.87. The van der Waals surface area contributed by atoms with E-state index in [4.69, 9.17) is 17.0 Å². The summed E-state index contributed by atoms with van der Waals surface area (Å²) < 4.78 is 0. The predicted octanol–water partition coefficient (Wildman–Crippen LogP) is 13.6. The van der Waals surface area contributed by atoms with E-state index in [1.165, 1.54) is 43.3 Å². The van der Waals surface area contributed by atoms with E-state index >= 15 is 0 Å². The van der Waals surface area contributed by atoms with Crippen molar-refractivity contribution in [2.45, 2.75) is 86.0 Å². The average molecular weight is 751 g/mol. The molecular weight excluding hydrogens is 691 g/mol. The average Bonchev–Trinajstić information content (AvgIpc) is 3.61. The van der Waals surface area contributed by atoms with Gasteiger partial charge in [-0.3, -0.25) is 0 Å². The molecule has 0 bridgehead atoms. The van der Waals surface area contributed by atoms with E-state index in [0.717, 1.165) is 5.92 Å². The van der Waals surface area contributed by atoms with Gasteiger partial charge in [0.1, 0.15) is 0 Å². The third kappa shape index (κ3) is 8.10. The van der Waals surface area contributed by atoms with E-state index in [2.05, 4.69) is 146 Å². The van der Waals surface area contributed by atoms with Crippen molar-refractivity contribution in [2.75, 3.05) is 0 Å². The van der Waals surface area contributed by atoms with E-state index in [-0.39, 0.29) is 31.1 Å². The molecule has 47 heavy (non-hydrogen) atoms. The van der Waals surface area contributed by atoms with E-state index in [9.17, 15) is 0 Å². The number of hydrogen-bond donors (Lipinski definition) is 0. The fourth-order valence-corrected chi connectivity index (χ4v) is 9.64. The maximum atomic E-state index is 4.93. The molecule has 2 saturated carbocycles. The van der Waals surface area contributed by atoms with Crippen molar-refractivity contribution in [3.05, 3.63) is 134 Å². The van der Waals surface area contributed by atoms with Gasteiger partial charge in [-0.05, 0) is 87.4 Å². The minimum absolute atomic E-state index is 0. The van der Waals surface area contributed by atoms with Crippen LogP contribution >= 0.6 is 17.0 Å². The molecule has 0 amide bonds. The molecule has 0 radical (unpaired) electrons. The Balaban J connectivity index is 0.00000116. The SMILES string of the molecule is CCCC1CCC(C(c2ccccc2)(c2ccccc2)C2C3C=C(C(C)(C)C)C=CC3C3C=CC(C(C)(C)C)=CC32)C1.[CH3-].[CH3-].[Cl][Zr+2][Cl]. The normalized spacial score (nSPS) is 27.9. The molecule has 3 heteroatoms. The Morgan fingerprint density at radius 3 is 1.47 bits per heavy atom. The number of allylic oxidation sites excluding steroid dienone is 8. The first kappa shape index (κ1) is 40.3. The van der Waals surface area contributed by atoms with Crippen molar-refractivity contribution >= 4 is 17.0 Å². The van der Waals surface area contributed by atoms with Crippen LogP contribution in [0.5, 0.6) is 0 Å². The summed E-state index contributed by atoms with van der Waals surface area (Å²) in [5.41, 5.74) is 6.37. The summed E-state index contributed by atoms with van der Waals surface area (Å²) in [6.45, 7) is 16.7. The fraction of sp³-hybridized carbons (Fsp3) is 0.500. The molecule has 4 aliphatic carbocycles. The standard InChI is InChI=1S/C42H54.2CH3.2ClH.Zr/c1-8-15-29-20-21-34(26-29)42(30-16-11-9-12-17-30,31-18-13-10-14-19-31)39-37-27-32(40(2,3)4)22-24-35(37)36-25-23-33(28-38(36)39)41(5,6)7;;;;;/h9-14,16-19,22-25,27-29,34-39H,8,15,20-21,26H2,1-7H3;2*1H3;2*1H;/q;2*-1;;;+4/p-2. The van der Waals surface area contributed by atoms with Gasteiger partial charge in [-0.2, -0.15) is 0 Å². The molecular formula is C44H60Cl2Zr. The van der Waals surface area contributed by atoms with Crippen LogP contribution in [0.15, 0.2) is 108 Å². The van der Waals surface area contributed by atoms with Gasteiger partial charge in [0.2, 0.25) is 0 Å². The summed E-state index contributed by atoms with van der Waals surface area (Å²) in [4.78, 5) is 0. The fourth-order valence-electron chi connectivity index (χ4n) is 9.64. The zero-order chi connectivity index (χ0) is 32.4.